The lowest BCUT2D eigenvalue weighted by atomic mass is 9.85. The van der Waals surface area contributed by atoms with E-state index in [-0.39, 0.29) is 48.0 Å². The molecule has 2 rings (SSSR count). The van der Waals surface area contributed by atoms with Crippen LogP contribution < -0.4 is 16.4 Å². The topological polar surface area (TPSA) is 187 Å². The van der Waals surface area contributed by atoms with Crippen LogP contribution in [-0.4, -0.2) is 85.6 Å². The molecule has 0 aromatic rings. The lowest BCUT2D eigenvalue weighted by molar-refractivity contribution is -0.120. The second kappa shape index (κ2) is 16.9. The monoisotopic (exact) mass is 603 g/mol. The van der Waals surface area contributed by atoms with Crippen LogP contribution in [0.2, 0.25) is 0 Å². The summed E-state index contributed by atoms with van der Waals surface area (Å²) in [6.07, 6.45) is 3.98. The number of carbonyl (C=O) groups excluding carboxylic acids is 4. The molecule has 2 amide bonds. The molecule has 0 saturated heterocycles. The van der Waals surface area contributed by atoms with Crippen LogP contribution in [0.1, 0.15) is 47.0 Å². The molecule has 6 atom stereocenters. The van der Waals surface area contributed by atoms with Crippen LogP contribution >= 0.6 is 0 Å². The molecule has 0 unspecified atom stereocenters. The summed E-state index contributed by atoms with van der Waals surface area (Å²) >= 11 is 0. The first-order chi connectivity index (χ1) is 20.3. The van der Waals surface area contributed by atoms with E-state index in [0.29, 0.717) is 18.4 Å². The van der Waals surface area contributed by atoms with Gasteiger partial charge in [-0.2, -0.15) is 0 Å². The zero-order chi connectivity index (χ0) is 32.3. The number of allylic oxidation sites excluding steroid dienone is 4. The number of carbonyl (C=O) groups is 4. The second-order valence-corrected chi connectivity index (χ2v) is 10.9. The Hall–Kier alpha value is -3.58. The normalized spacial score (nSPS) is 31.3. The van der Waals surface area contributed by atoms with Crippen molar-refractivity contribution in [1.82, 2.24) is 10.6 Å². The molecule has 2 aliphatic rings. The number of fused-ring (bicyclic) bond motifs is 2. The third-order valence-electron chi connectivity index (χ3n) is 7.43. The number of methoxy groups -OCH3 is 2. The van der Waals surface area contributed by atoms with Crippen LogP contribution in [0.5, 0.6) is 0 Å². The van der Waals surface area contributed by atoms with Crippen molar-refractivity contribution in [2.75, 3.05) is 27.4 Å². The fourth-order valence-corrected chi connectivity index (χ4v) is 5.07. The van der Waals surface area contributed by atoms with E-state index in [4.69, 9.17) is 19.9 Å². The maximum Gasteiger partial charge on any atom is 0.405 e. The lowest BCUT2D eigenvalue weighted by Crippen LogP contribution is -2.38. The Morgan fingerprint density at radius 1 is 1.16 bits per heavy atom. The molecule has 1 aliphatic heterocycles. The molecular formula is C31H45N3O9. The lowest BCUT2D eigenvalue weighted by Gasteiger charge is -2.30. The summed E-state index contributed by atoms with van der Waals surface area (Å²) < 4.78 is 16.6. The number of Topliss-reactive ketones (excluding diaryl/α,β-unsaturated/α-hetero) is 1. The number of hydrogen-bond donors (Lipinski definition) is 5. The average molecular weight is 604 g/mol. The van der Waals surface area contributed by atoms with Crippen molar-refractivity contribution in [3.63, 3.8) is 0 Å². The number of nitrogens with one attached hydrogen (secondary N) is 2. The first kappa shape index (κ1) is 35.6. The highest BCUT2D eigenvalue weighted by Gasteiger charge is 2.33. The van der Waals surface area contributed by atoms with Crippen molar-refractivity contribution in [1.29, 1.82) is 0 Å². The Kier molecular flexibility index (Phi) is 14.0. The van der Waals surface area contributed by atoms with Gasteiger partial charge in [0.25, 0.3) is 5.91 Å². The predicted molar refractivity (Wildman–Crippen MR) is 159 cm³/mol. The number of primary amides is 1. The third-order valence-corrected chi connectivity index (χ3v) is 7.43. The van der Waals surface area contributed by atoms with Gasteiger partial charge in [-0.05, 0) is 44.6 Å². The number of hydrogen-bond acceptors (Lipinski definition) is 10. The quantitative estimate of drug-likeness (QED) is 0.163. The molecule has 43 heavy (non-hydrogen) atoms. The van der Waals surface area contributed by atoms with Gasteiger partial charge in [0.05, 0.1) is 23.6 Å². The highest BCUT2D eigenvalue weighted by Crippen LogP contribution is 2.28. The summed E-state index contributed by atoms with van der Waals surface area (Å²) in [7, 11) is 2.90. The molecule has 0 radical (unpaired) electrons. The number of amides is 2. The molecule has 2 bridgehead atoms. The molecule has 12 nitrogen and oxygen atoms in total. The van der Waals surface area contributed by atoms with Gasteiger partial charge in [-0.25, -0.2) is 4.79 Å². The maximum absolute atomic E-state index is 13.6. The zero-order valence-corrected chi connectivity index (χ0v) is 25.7. The van der Waals surface area contributed by atoms with Gasteiger partial charge < -0.3 is 40.8 Å². The fourth-order valence-electron chi connectivity index (χ4n) is 5.07. The molecule has 6 N–H and O–H groups in total. The van der Waals surface area contributed by atoms with Gasteiger partial charge in [0, 0.05) is 50.5 Å². The van der Waals surface area contributed by atoms with Gasteiger partial charge in [0.2, 0.25) is 11.6 Å². The van der Waals surface area contributed by atoms with E-state index in [2.05, 4.69) is 10.6 Å². The van der Waals surface area contributed by atoms with Crippen molar-refractivity contribution in [2.24, 2.45) is 17.6 Å². The average Bonchev–Trinajstić information content (AvgIpc) is 2.95. The molecular weight excluding hydrogens is 558 g/mol. The minimum Gasteiger partial charge on any atom is -0.439 e. The molecule has 0 fully saturated rings. The second-order valence-electron chi connectivity index (χ2n) is 10.9. The highest BCUT2D eigenvalue weighted by molar-refractivity contribution is 6.23. The molecule has 0 spiro atoms. The van der Waals surface area contributed by atoms with Crippen molar-refractivity contribution in [3.8, 4) is 0 Å². The molecule has 0 aromatic heterocycles. The van der Waals surface area contributed by atoms with Crippen molar-refractivity contribution < 1.29 is 43.6 Å². The molecule has 12 heteroatoms. The number of ketones is 2. The standard InChI is InChI=1S/C31H45N3O9/c1-17-13-21-26(33-11-8-12-35)23(36)16-22(28(21)38)34-30(39)18(2)9-7-10-24(41-5)29(43-31(32)40)20(4)15-19(3)27(37)25(14-17)42-6/h7,9-10,15-17,19,24-25,27,29,33,35,37H,8,11-14H2,1-6H3,(H2,32,40)(H,34,39)/b10-7-,18-9-,20-15-/t17-,19+,24+,25+,27-,29+/m1/s1. The number of aliphatic hydroxyl groups excluding tert-OH is 2. The SMILES string of the molecule is CO[C@H]1/C=C\C=C(\C)C(=O)NC2=CC(=O)C(NCCCO)=C(C[C@@H](C)C[C@H](OC)[C@H](O)[C@@H](C)/C=C(/C)[C@@H]1OC(N)=O)C2=O. The van der Waals surface area contributed by atoms with Crippen molar-refractivity contribution >= 4 is 23.6 Å². The number of nitrogens with two attached hydrogens (primary N) is 1. The summed E-state index contributed by atoms with van der Waals surface area (Å²) in [5.74, 6) is -2.25. The van der Waals surface area contributed by atoms with E-state index in [9.17, 15) is 29.4 Å². The summed E-state index contributed by atoms with van der Waals surface area (Å²) in [6, 6.07) is 0. The zero-order valence-electron chi connectivity index (χ0n) is 25.7. The van der Waals surface area contributed by atoms with E-state index in [1.54, 1.807) is 32.1 Å². The van der Waals surface area contributed by atoms with Crippen LogP contribution in [0.25, 0.3) is 0 Å². The van der Waals surface area contributed by atoms with Gasteiger partial charge in [-0.3, -0.25) is 14.4 Å². The van der Waals surface area contributed by atoms with Crippen LogP contribution in [0.3, 0.4) is 0 Å². The van der Waals surface area contributed by atoms with Gasteiger partial charge in [0.15, 0.2) is 6.10 Å². The van der Waals surface area contributed by atoms with Gasteiger partial charge in [-0.15, -0.1) is 0 Å². The van der Waals surface area contributed by atoms with Gasteiger partial charge in [-0.1, -0.05) is 38.2 Å². The third kappa shape index (κ3) is 9.99. The summed E-state index contributed by atoms with van der Waals surface area (Å²) in [5.41, 5.74) is 6.32. The molecule has 1 heterocycles. The Morgan fingerprint density at radius 3 is 2.47 bits per heavy atom. The number of ether oxygens (including phenoxy) is 3. The van der Waals surface area contributed by atoms with Gasteiger partial charge in [0.1, 0.15) is 6.10 Å². The summed E-state index contributed by atoms with van der Waals surface area (Å²) in [6.45, 7) is 7.12. The highest BCUT2D eigenvalue weighted by atomic mass is 16.6. The van der Waals surface area contributed by atoms with Crippen molar-refractivity contribution in [3.05, 3.63) is 58.5 Å². The molecule has 238 valence electrons. The van der Waals surface area contributed by atoms with Gasteiger partial charge >= 0.3 is 6.09 Å². The van der Waals surface area contributed by atoms with Crippen LogP contribution in [0.15, 0.2) is 58.5 Å². The molecule has 0 aromatic carbocycles. The molecule has 1 aliphatic carbocycles. The number of aliphatic hydroxyl groups is 2. The summed E-state index contributed by atoms with van der Waals surface area (Å²) in [5, 5.41) is 26.0. The first-order valence-corrected chi connectivity index (χ1v) is 14.3. The Labute approximate surface area is 252 Å². The smallest absolute Gasteiger partial charge is 0.405 e. The van der Waals surface area contributed by atoms with E-state index < -0.39 is 53.9 Å². The van der Waals surface area contributed by atoms with E-state index in [1.807, 2.05) is 6.92 Å². The number of rotatable bonds is 7. The maximum atomic E-state index is 13.6. The largest absolute Gasteiger partial charge is 0.439 e. The predicted octanol–water partition coefficient (Wildman–Crippen LogP) is 1.73. The minimum absolute atomic E-state index is 0.0919. The van der Waals surface area contributed by atoms with Crippen molar-refractivity contribution in [2.45, 2.75) is 71.4 Å². The fraction of sp³-hybridized carbons (Fsp3) is 0.548. The van der Waals surface area contributed by atoms with Crippen LogP contribution in [0, 0.1) is 11.8 Å². The molecule has 0 saturated carbocycles. The van der Waals surface area contributed by atoms with E-state index in [0.717, 1.165) is 6.08 Å². The Balaban J connectivity index is 2.61. The Bertz CT molecular complexity index is 1200. The van der Waals surface area contributed by atoms with Crippen LogP contribution in [-0.2, 0) is 28.6 Å². The summed E-state index contributed by atoms with van der Waals surface area (Å²) in [4.78, 5) is 51.4. The minimum atomic E-state index is -1.01. The van der Waals surface area contributed by atoms with Crippen LogP contribution in [0.4, 0.5) is 4.79 Å². The Morgan fingerprint density at radius 2 is 1.86 bits per heavy atom. The van der Waals surface area contributed by atoms with E-state index >= 15 is 0 Å². The van der Waals surface area contributed by atoms with E-state index in [1.165, 1.54) is 27.2 Å². The first-order valence-electron chi connectivity index (χ1n) is 14.3.